The summed E-state index contributed by atoms with van der Waals surface area (Å²) in [5, 5.41) is 3.87. The van der Waals surface area contributed by atoms with Crippen LogP contribution in [0.15, 0.2) is 22.4 Å². The first kappa shape index (κ1) is 9.54. The number of carbonyl (C=O) groups excluding carboxylic acids is 1. The number of nitrogens with zero attached hydrogens (tertiary/aromatic N) is 3. The molecule has 0 amide bonds. The lowest BCUT2D eigenvalue weighted by atomic mass is 10.4. The molecule has 0 saturated carbocycles. The van der Waals surface area contributed by atoms with Crippen molar-refractivity contribution >= 4 is 33.2 Å². The molecule has 0 fully saturated rings. The first-order valence-corrected chi connectivity index (χ1v) is 5.46. The van der Waals surface area contributed by atoms with E-state index in [2.05, 4.69) is 26.0 Å². The molecule has 0 aliphatic heterocycles. The molecule has 0 N–H and O–H groups in total. The van der Waals surface area contributed by atoms with Crippen molar-refractivity contribution in [1.29, 1.82) is 0 Å². The highest BCUT2D eigenvalue weighted by Gasteiger charge is 2.15. The van der Waals surface area contributed by atoms with E-state index in [4.69, 9.17) is 0 Å². The molecule has 6 heteroatoms. The van der Waals surface area contributed by atoms with Gasteiger partial charge in [-0.15, -0.1) is 11.3 Å². The number of carbonyl (C=O) groups is 1. The molecular formula is C8H6BrN3OS. The van der Waals surface area contributed by atoms with Crippen LogP contribution in [0, 0.1) is 6.92 Å². The Morgan fingerprint density at radius 1 is 1.64 bits per heavy atom. The number of thiazole rings is 1. The van der Waals surface area contributed by atoms with Crippen molar-refractivity contribution in [2.24, 2.45) is 0 Å². The SMILES string of the molecule is Cc1nc(Br)sc1C(=O)n1cccn1. The Morgan fingerprint density at radius 2 is 2.43 bits per heavy atom. The Morgan fingerprint density at radius 3 is 2.93 bits per heavy atom. The summed E-state index contributed by atoms with van der Waals surface area (Å²) < 4.78 is 2.01. The van der Waals surface area contributed by atoms with Gasteiger partial charge in [-0.3, -0.25) is 4.79 Å². The fourth-order valence-corrected chi connectivity index (χ4v) is 2.53. The maximum atomic E-state index is 11.8. The predicted molar refractivity (Wildman–Crippen MR) is 56.5 cm³/mol. The third kappa shape index (κ3) is 1.62. The first-order chi connectivity index (χ1) is 6.68. The molecule has 2 aromatic heterocycles. The zero-order valence-electron chi connectivity index (χ0n) is 7.27. The van der Waals surface area contributed by atoms with Gasteiger partial charge in [-0.1, -0.05) is 0 Å². The van der Waals surface area contributed by atoms with Gasteiger partial charge in [0.15, 0.2) is 3.92 Å². The van der Waals surface area contributed by atoms with Gasteiger partial charge in [0.2, 0.25) is 0 Å². The Labute approximate surface area is 92.7 Å². The van der Waals surface area contributed by atoms with Crippen molar-refractivity contribution in [3.05, 3.63) is 32.9 Å². The van der Waals surface area contributed by atoms with Crippen molar-refractivity contribution in [2.45, 2.75) is 6.92 Å². The lowest BCUT2D eigenvalue weighted by Gasteiger charge is -1.96. The molecule has 2 aromatic rings. The maximum Gasteiger partial charge on any atom is 0.290 e. The van der Waals surface area contributed by atoms with E-state index >= 15 is 0 Å². The highest BCUT2D eigenvalue weighted by atomic mass is 79.9. The minimum atomic E-state index is -0.143. The van der Waals surface area contributed by atoms with Gasteiger partial charge < -0.3 is 0 Å². The number of rotatable bonds is 1. The first-order valence-electron chi connectivity index (χ1n) is 3.86. The molecule has 0 aliphatic rings. The zero-order chi connectivity index (χ0) is 10.1. The number of hydrogen-bond donors (Lipinski definition) is 0. The zero-order valence-corrected chi connectivity index (χ0v) is 9.67. The van der Waals surface area contributed by atoms with Gasteiger partial charge in [0.1, 0.15) is 4.88 Å². The van der Waals surface area contributed by atoms with Crippen LogP contribution < -0.4 is 0 Å². The third-order valence-corrected chi connectivity index (χ3v) is 3.27. The average molecular weight is 272 g/mol. The summed E-state index contributed by atoms with van der Waals surface area (Å²) in [5.74, 6) is -0.143. The van der Waals surface area contributed by atoms with Crippen LogP contribution in [0.5, 0.6) is 0 Å². The normalized spacial score (nSPS) is 10.4. The molecule has 0 unspecified atom stereocenters. The van der Waals surface area contributed by atoms with Gasteiger partial charge in [0.05, 0.1) is 5.69 Å². The standard InChI is InChI=1S/C8H6BrN3OS/c1-5-6(14-8(9)11-5)7(13)12-4-2-3-10-12/h2-4H,1H3. The second kappa shape index (κ2) is 3.62. The largest absolute Gasteiger partial charge is 0.290 e. The van der Waals surface area contributed by atoms with E-state index in [1.54, 1.807) is 25.4 Å². The fourth-order valence-electron chi connectivity index (χ4n) is 1.05. The number of hydrogen-bond acceptors (Lipinski definition) is 4. The molecule has 4 nitrogen and oxygen atoms in total. The summed E-state index contributed by atoms with van der Waals surface area (Å²) in [5.41, 5.74) is 0.724. The van der Waals surface area contributed by atoms with Gasteiger partial charge in [-0.05, 0) is 28.9 Å². The lowest BCUT2D eigenvalue weighted by Crippen LogP contribution is -2.11. The van der Waals surface area contributed by atoms with Crippen molar-refractivity contribution in [2.75, 3.05) is 0 Å². The summed E-state index contributed by atoms with van der Waals surface area (Å²) in [6.45, 7) is 1.80. The van der Waals surface area contributed by atoms with Gasteiger partial charge >= 0.3 is 0 Å². The second-order valence-electron chi connectivity index (χ2n) is 2.64. The molecule has 0 aliphatic carbocycles. The molecule has 0 saturated heterocycles. The van der Waals surface area contributed by atoms with Crippen LogP contribution >= 0.6 is 27.3 Å². The van der Waals surface area contributed by atoms with E-state index in [-0.39, 0.29) is 5.91 Å². The number of aromatic nitrogens is 3. The summed E-state index contributed by atoms with van der Waals surface area (Å²) in [6, 6.07) is 1.71. The third-order valence-electron chi connectivity index (χ3n) is 1.68. The number of halogens is 1. The monoisotopic (exact) mass is 271 g/mol. The average Bonchev–Trinajstić information content (AvgIpc) is 2.73. The smallest absolute Gasteiger partial charge is 0.266 e. The van der Waals surface area contributed by atoms with Crippen LogP contribution in [0.2, 0.25) is 0 Å². The summed E-state index contributed by atoms with van der Waals surface area (Å²) in [7, 11) is 0. The van der Waals surface area contributed by atoms with Crippen LogP contribution in [-0.2, 0) is 0 Å². The number of aryl methyl sites for hydroxylation is 1. The molecule has 72 valence electrons. The van der Waals surface area contributed by atoms with Crippen LogP contribution in [0.1, 0.15) is 15.4 Å². The van der Waals surface area contributed by atoms with E-state index in [1.165, 1.54) is 16.0 Å². The van der Waals surface area contributed by atoms with E-state index in [0.717, 1.165) is 5.69 Å². The highest BCUT2D eigenvalue weighted by molar-refractivity contribution is 9.11. The molecule has 2 heterocycles. The summed E-state index contributed by atoms with van der Waals surface area (Å²) >= 11 is 4.56. The quantitative estimate of drug-likeness (QED) is 0.798. The van der Waals surface area contributed by atoms with Gasteiger partial charge in [-0.25, -0.2) is 9.67 Å². The second-order valence-corrected chi connectivity index (χ2v) is 4.91. The van der Waals surface area contributed by atoms with Gasteiger partial charge in [0, 0.05) is 12.4 Å². The molecule has 0 aromatic carbocycles. The van der Waals surface area contributed by atoms with E-state index in [1.807, 2.05) is 0 Å². The predicted octanol–water partition coefficient (Wildman–Crippen LogP) is 2.10. The van der Waals surface area contributed by atoms with E-state index < -0.39 is 0 Å². The van der Waals surface area contributed by atoms with E-state index in [0.29, 0.717) is 8.79 Å². The van der Waals surface area contributed by atoms with Crippen LogP contribution in [0.25, 0.3) is 0 Å². The van der Waals surface area contributed by atoms with Crippen molar-refractivity contribution in [1.82, 2.24) is 14.8 Å². The molecule has 0 bridgehead atoms. The van der Waals surface area contributed by atoms with Gasteiger partial charge in [-0.2, -0.15) is 5.10 Å². The molecule has 14 heavy (non-hydrogen) atoms. The highest BCUT2D eigenvalue weighted by Crippen LogP contribution is 2.23. The minimum Gasteiger partial charge on any atom is -0.266 e. The topological polar surface area (TPSA) is 47.8 Å². The van der Waals surface area contributed by atoms with Gasteiger partial charge in [0.25, 0.3) is 5.91 Å². The van der Waals surface area contributed by atoms with Crippen molar-refractivity contribution in [3.8, 4) is 0 Å². The van der Waals surface area contributed by atoms with Crippen LogP contribution in [0.3, 0.4) is 0 Å². The molecular weight excluding hydrogens is 266 g/mol. The van der Waals surface area contributed by atoms with Crippen molar-refractivity contribution < 1.29 is 4.79 Å². The van der Waals surface area contributed by atoms with E-state index in [9.17, 15) is 4.79 Å². The summed E-state index contributed by atoms with van der Waals surface area (Å²) in [4.78, 5) is 16.5. The van der Waals surface area contributed by atoms with Crippen LogP contribution in [-0.4, -0.2) is 20.7 Å². The summed E-state index contributed by atoms with van der Waals surface area (Å²) in [6.07, 6.45) is 3.19. The Bertz CT molecular complexity index is 463. The Balaban J connectivity index is 2.41. The van der Waals surface area contributed by atoms with Crippen molar-refractivity contribution in [3.63, 3.8) is 0 Å². The molecule has 0 atom stereocenters. The Kier molecular flexibility index (Phi) is 2.47. The molecule has 0 radical (unpaired) electrons. The maximum absolute atomic E-state index is 11.8. The molecule has 2 rings (SSSR count). The fraction of sp³-hybridized carbons (Fsp3) is 0.125. The lowest BCUT2D eigenvalue weighted by molar-refractivity contribution is 0.0948. The Hall–Kier alpha value is -1.01. The van der Waals surface area contributed by atoms with Crippen LogP contribution in [0.4, 0.5) is 0 Å². The molecule has 0 spiro atoms. The minimum absolute atomic E-state index is 0.143.